The lowest BCUT2D eigenvalue weighted by Crippen LogP contribution is -2.41. The summed E-state index contributed by atoms with van der Waals surface area (Å²) in [7, 11) is 0. The lowest BCUT2D eigenvalue weighted by atomic mass is 10.0. The molecule has 0 aliphatic rings. The number of carboxylic acids is 1. The highest BCUT2D eigenvalue weighted by Crippen LogP contribution is 2.29. The van der Waals surface area contributed by atoms with Gasteiger partial charge in [0.2, 0.25) is 5.91 Å². The first kappa shape index (κ1) is 20.5. The van der Waals surface area contributed by atoms with E-state index < -0.39 is 29.7 Å². The number of nitrogens with one attached hydrogen (secondary N) is 1. The molecule has 27 heavy (non-hydrogen) atoms. The lowest BCUT2D eigenvalue weighted by molar-refractivity contribution is -0.142. The Bertz CT molecular complexity index is 758. The molecule has 0 saturated heterocycles. The van der Waals surface area contributed by atoms with Crippen LogP contribution in [0.5, 0.6) is 0 Å². The number of benzene rings is 2. The molecule has 144 valence electrons. The molecule has 2 aromatic carbocycles. The van der Waals surface area contributed by atoms with Gasteiger partial charge >= 0.3 is 12.1 Å². The number of rotatable bonds is 8. The largest absolute Gasteiger partial charge is 0.480 e. The van der Waals surface area contributed by atoms with Gasteiger partial charge in [-0.1, -0.05) is 42.5 Å². The molecular weight excluding hydrogens is 359 g/mol. The number of carboxylic acid groups (broad SMARTS) is 1. The van der Waals surface area contributed by atoms with Crippen LogP contribution in [0, 0.1) is 0 Å². The lowest BCUT2D eigenvalue weighted by Gasteiger charge is -2.15. The summed E-state index contributed by atoms with van der Waals surface area (Å²) < 4.78 is 37.6. The molecule has 4 nitrogen and oxygen atoms in total. The summed E-state index contributed by atoms with van der Waals surface area (Å²) >= 11 is 0. The zero-order valence-corrected chi connectivity index (χ0v) is 14.5. The Labute approximate surface area is 155 Å². The van der Waals surface area contributed by atoms with Crippen molar-refractivity contribution in [3.8, 4) is 0 Å². The van der Waals surface area contributed by atoms with Gasteiger partial charge in [-0.15, -0.1) is 0 Å². The van der Waals surface area contributed by atoms with E-state index in [4.69, 9.17) is 0 Å². The summed E-state index contributed by atoms with van der Waals surface area (Å²) in [4.78, 5) is 23.4. The predicted molar refractivity (Wildman–Crippen MR) is 94.1 cm³/mol. The minimum absolute atomic E-state index is 0.180. The highest BCUT2D eigenvalue weighted by molar-refractivity contribution is 5.84. The fourth-order valence-electron chi connectivity index (χ4n) is 2.65. The summed E-state index contributed by atoms with van der Waals surface area (Å²) in [5.41, 5.74) is 0.669. The Morgan fingerprint density at radius 2 is 1.59 bits per heavy atom. The third-order valence-corrected chi connectivity index (χ3v) is 4.08. The van der Waals surface area contributed by atoms with Crippen molar-refractivity contribution in [2.75, 3.05) is 0 Å². The van der Waals surface area contributed by atoms with Crippen LogP contribution in [0.4, 0.5) is 13.2 Å². The molecule has 0 spiro atoms. The summed E-state index contributed by atoms with van der Waals surface area (Å²) in [5, 5.41) is 11.7. The highest BCUT2D eigenvalue weighted by atomic mass is 19.4. The Morgan fingerprint density at radius 1 is 0.963 bits per heavy atom. The molecule has 1 atom stereocenters. The van der Waals surface area contributed by atoms with Gasteiger partial charge in [-0.3, -0.25) is 4.79 Å². The second-order valence-electron chi connectivity index (χ2n) is 6.21. The van der Waals surface area contributed by atoms with Crippen molar-refractivity contribution in [1.29, 1.82) is 0 Å². The topological polar surface area (TPSA) is 66.4 Å². The molecular formula is C20H20F3NO3. The number of aliphatic carboxylic acids is 1. The molecule has 7 heteroatoms. The van der Waals surface area contributed by atoms with Gasteiger partial charge in [0.05, 0.1) is 12.0 Å². The standard InChI is InChI=1S/C20H20F3NO3/c21-20(22,23)16-11-9-15(10-12-16)13-18(25)24-17(19(26)27)8-4-7-14-5-2-1-3-6-14/h1-3,5-6,9-12,17H,4,7-8,13H2,(H,24,25)(H,26,27)/t17-/m0/s1. The van der Waals surface area contributed by atoms with E-state index in [1.807, 2.05) is 30.3 Å². The summed E-state index contributed by atoms with van der Waals surface area (Å²) in [6.45, 7) is 0. The molecule has 2 N–H and O–H groups in total. The van der Waals surface area contributed by atoms with Crippen molar-refractivity contribution in [3.63, 3.8) is 0 Å². The average molecular weight is 379 g/mol. The van der Waals surface area contributed by atoms with E-state index in [0.29, 0.717) is 18.4 Å². The van der Waals surface area contributed by atoms with Crippen LogP contribution in [0.2, 0.25) is 0 Å². The minimum Gasteiger partial charge on any atom is -0.480 e. The Hall–Kier alpha value is -2.83. The highest BCUT2D eigenvalue weighted by Gasteiger charge is 2.30. The number of carbonyl (C=O) groups is 2. The molecule has 2 rings (SSSR count). The summed E-state index contributed by atoms with van der Waals surface area (Å²) in [6.07, 6.45) is -3.07. The quantitative estimate of drug-likeness (QED) is 0.732. The molecule has 0 heterocycles. The van der Waals surface area contributed by atoms with Gasteiger partial charge in [-0.2, -0.15) is 13.2 Å². The maximum Gasteiger partial charge on any atom is 0.416 e. The van der Waals surface area contributed by atoms with Crippen LogP contribution in [-0.2, 0) is 28.6 Å². The Balaban J connectivity index is 1.86. The monoisotopic (exact) mass is 379 g/mol. The number of hydrogen-bond acceptors (Lipinski definition) is 2. The van der Waals surface area contributed by atoms with E-state index in [9.17, 15) is 27.9 Å². The summed E-state index contributed by atoms with van der Waals surface area (Å²) in [5.74, 6) is -1.68. The average Bonchev–Trinajstić information content (AvgIpc) is 2.61. The second-order valence-corrected chi connectivity index (χ2v) is 6.21. The maximum absolute atomic E-state index is 12.5. The normalized spacial score (nSPS) is 12.4. The van der Waals surface area contributed by atoms with E-state index in [1.54, 1.807) is 0 Å². The van der Waals surface area contributed by atoms with E-state index in [-0.39, 0.29) is 12.8 Å². The zero-order valence-electron chi connectivity index (χ0n) is 14.5. The van der Waals surface area contributed by atoms with E-state index in [0.717, 1.165) is 17.7 Å². The van der Waals surface area contributed by atoms with Crippen LogP contribution in [-0.4, -0.2) is 23.0 Å². The van der Waals surface area contributed by atoms with Gasteiger partial charge in [0.1, 0.15) is 6.04 Å². The zero-order chi connectivity index (χ0) is 19.9. The molecule has 0 bridgehead atoms. The minimum atomic E-state index is -4.44. The van der Waals surface area contributed by atoms with Gasteiger partial charge in [-0.25, -0.2) is 4.79 Å². The molecule has 0 fully saturated rings. The number of halogens is 3. The third-order valence-electron chi connectivity index (χ3n) is 4.08. The van der Waals surface area contributed by atoms with E-state index in [1.165, 1.54) is 12.1 Å². The van der Waals surface area contributed by atoms with Crippen molar-refractivity contribution < 1.29 is 27.9 Å². The molecule has 0 aliphatic heterocycles. The fourth-order valence-corrected chi connectivity index (χ4v) is 2.65. The van der Waals surface area contributed by atoms with Crippen molar-refractivity contribution in [2.24, 2.45) is 0 Å². The molecule has 0 saturated carbocycles. The van der Waals surface area contributed by atoms with Crippen LogP contribution >= 0.6 is 0 Å². The second kappa shape index (κ2) is 9.21. The summed E-state index contributed by atoms with van der Waals surface area (Å²) in [6, 6.07) is 12.8. The van der Waals surface area contributed by atoms with Crippen molar-refractivity contribution in [2.45, 2.75) is 37.9 Å². The molecule has 0 radical (unpaired) electrons. The molecule has 0 unspecified atom stereocenters. The fraction of sp³-hybridized carbons (Fsp3) is 0.300. The Kier molecular flexibility index (Phi) is 6.98. The van der Waals surface area contributed by atoms with Crippen LogP contribution < -0.4 is 5.32 Å². The van der Waals surface area contributed by atoms with Gasteiger partial charge < -0.3 is 10.4 Å². The first-order valence-electron chi connectivity index (χ1n) is 8.48. The smallest absolute Gasteiger partial charge is 0.416 e. The van der Waals surface area contributed by atoms with E-state index >= 15 is 0 Å². The number of aryl methyl sites for hydroxylation is 1. The third kappa shape index (κ3) is 6.77. The number of amides is 1. The van der Waals surface area contributed by atoms with Gasteiger partial charge in [-0.05, 0) is 42.5 Å². The van der Waals surface area contributed by atoms with Gasteiger partial charge in [0.25, 0.3) is 0 Å². The van der Waals surface area contributed by atoms with Crippen molar-refractivity contribution >= 4 is 11.9 Å². The first-order chi connectivity index (χ1) is 12.8. The molecule has 0 aliphatic carbocycles. The first-order valence-corrected chi connectivity index (χ1v) is 8.48. The van der Waals surface area contributed by atoms with Crippen LogP contribution in [0.15, 0.2) is 54.6 Å². The van der Waals surface area contributed by atoms with Crippen LogP contribution in [0.3, 0.4) is 0 Å². The van der Waals surface area contributed by atoms with Crippen molar-refractivity contribution in [3.05, 3.63) is 71.3 Å². The molecule has 0 aromatic heterocycles. The van der Waals surface area contributed by atoms with Crippen LogP contribution in [0.25, 0.3) is 0 Å². The number of carbonyl (C=O) groups excluding carboxylic acids is 1. The van der Waals surface area contributed by atoms with Crippen LogP contribution in [0.1, 0.15) is 29.5 Å². The number of alkyl halides is 3. The molecule has 2 aromatic rings. The molecule has 1 amide bonds. The maximum atomic E-state index is 12.5. The SMILES string of the molecule is O=C(Cc1ccc(C(F)(F)F)cc1)N[C@@H](CCCc1ccccc1)C(=O)O. The van der Waals surface area contributed by atoms with Crippen molar-refractivity contribution in [1.82, 2.24) is 5.32 Å². The Morgan fingerprint density at radius 3 is 2.15 bits per heavy atom. The van der Waals surface area contributed by atoms with Gasteiger partial charge in [0, 0.05) is 0 Å². The van der Waals surface area contributed by atoms with Gasteiger partial charge in [0.15, 0.2) is 0 Å². The number of hydrogen-bond donors (Lipinski definition) is 2. The predicted octanol–water partition coefficient (Wildman–Crippen LogP) is 3.84. The van der Waals surface area contributed by atoms with E-state index in [2.05, 4.69) is 5.32 Å².